The zero-order valence-electron chi connectivity index (χ0n) is 12.3. The number of hydrogen-bond acceptors (Lipinski definition) is 4. The number of likely N-dealkylation sites (tertiary alicyclic amines) is 1. The predicted octanol–water partition coefficient (Wildman–Crippen LogP) is 1.74. The van der Waals surface area contributed by atoms with E-state index in [1.807, 2.05) is 0 Å². The number of nitrogens with zero attached hydrogens (tertiary/aromatic N) is 2. The number of imide groups is 1. The van der Waals surface area contributed by atoms with Gasteiger partial charge in [-0.15, -0.1) is 0 Å². The minimum absolute atomic E-state index is 0.187. The van der Waals surface area contributed by atoms with Crippen molar-refractivity contribution in [1.29, 1.82) is 0 Å². The number of nitrogen functional groups attached to an aromatic ring is 1. The Morgan fingerprint density at radius 1 is 1.19 bits per heavy atom. The molecule has 2 N–H and O–H groups in total. The van der Waals surface area contributed by atoms with Crippen molar-refractivity contribution in [3.8, 4) is 0 Å². The van der Waals surface area contributed by atoms with Crippen LogP contribution < -0.4 is 5.73 Å². The molecule has 1 fully saturated rings. The van der Waals surface area contributed by atoms with Gasteiger partial charge in [0.05, 0.1) is 11.1 Å². The van der Waals surface area contributed by atoms with Crippen LogP contribution in [0.2, 0.25) is 0 Å². The van der Waals surface area contributed by atoms with Crippen molar-refractivity contribution in [3.05, 3.63) is 29.3 Å². The van der Waals surface area contributed by atoms with Gasteiger partial charge in [0.2, 0.25) is 0 Å². The highest BCUT2D eigenvalue weighted by atomic mass is 16.2. The first-order valence-corrected chi connectivity index (χ1v) is 7.54. The highest BCUT2D eigenvalue weighted by Gasteiger charge is 2.35. The summed E-state index contributed by atoms with van der Waals surface area (Å²) in [6, 6.07) is 5.38. The monoisotopic (exact) mass is 287 g/mol. The van der Waals surface area contributed by atoms with Crippen LogP contribution in [-0.4, -0.2) is 47.8 Å². The van der Waals surface area contributed by atoms with Crippen molar-refractivity contribution in [2.75, 3.05) is 25.9 Å². The standard InChI is InChI=1S/C16H21N3O2/c1-18-8-3-2-4-12(18)7-9-19-15(20)13-6-5-11(17)10-14(13)16(19)21/h5-6,10,12H,2-4,7-9,17H2,1H3. The van der Waals surface area contributed by atoms with Crippen molar-refractivity contribution < 1.29 is 9.59 Å². The van der Waals surface area contributed by atoms with Crippen molar-refractivity contribution in [3.63, 3.8) is 0 Å². The number of amides is 2. The average molecular weight is 287 g/mol. The quantitative estimate of drug-likeness (QED) is 0.679. The number of carbonyl (C=O) groups excluding carboxylic acids is 2. The maximum absolute atomic E-state index is 12.3. The van der Waals surface area contributed by atoms with E-state index in [0.717, 1.165) is 19.4 Å². The molecule has 0 saturated carbocycles. The molecule has 112 valence electrons. The molecule has 2 aliphatic rings. The molecular formula is C16H21N3O2. The molecule has 1 aromatic carbocycles. The van der Waals surface area contributed by atoms with Crippen LogP contribution in [0.5, 0.6) is 0 Å². The Morgan fingerprint density at radius 2 is 1.95 bits per heavy atom. The van der Waals surface area contributed by atoms with Crippen molar-refractivity contribution in [1.82, 2.24) is 9.80 Å². The number of anilines is 1. The predicted molar refractivity (Wildman–Crippen MR) is 81.1 cm³/mol. The molecule has 1 atom stereocenters. The smallest absolute Gasteiger partial charge is 0.261 e. The topological polar surface area (TPSA) is 66.6 Å². The Balaban J connectivity index is 1.70. The van der Waals surface area contributed by atoms with E-state index in [1.54, 1.807) is 18.2 Å². The zero-order valence-corrected chi connectivity index (χ0v) is 12.3. The van der Waals surface area contributed by atoms with E-state index in [0.29, 0.717) is 29.4 Å². The maximum atomic E-state index is 12.3. The number of piperidine rings is 1. The van der Waals surface area contributed by atoms with E-state index in [1.165, 1.54) is 17.7 Å². The molecule has 5 nitrogen and oxygen atoms in total. The molecule has 1 aromatic rings. The highest BCUT2D eigenvalue weighted by Crippen LogP contribution is 2.26. The number of rotatable bonds is 3. The molecule has 2 amide bonds. The van der Waals surface area contributed by atoms with E-state index >= 15 is 0 Å². The van der Waals surface area contributed by atoms with E-state index in [4.69, 9.17) is 5.73 Å². The summed E-state index contributed by atoms with van der Waals surface area (Å²) in [5.74, 6) is -0.394. The van der Waals surface area contributed by atoms with Crippen LogP contribution >= 0.6 is 0 Å². The molecular weight excluding hydrogens is 266 g/mol. The number of hydrogen-bond donors (Lipinski definition) is 1. The van der Waals surface area contributed by atoms with Crippen molar-refractivity contribution in [2.45, 2.75) is 31.7 Å². The minimum Gasteiger partial charge on any atom is -0.399 e. The molecule has 1 saturated heterocycles. The van der Waals surface area contributed by atoms with Crippen LogP contribution in [0, 0.1) is 0 Å². The number of carbonyl (C=O) groups is 2. The highest BCUT2D eigenvalue weighted by molar-refractivity contribution is 6.21. The molecule has 21 heavy (non-hydrogen) atoms. The Labute approximate surface area is 124 Å². The second kappa shape index (κ2) is 5.48. The lowest BCUT2D eigenvalue weighted by atomic mass is 10.00. The normalized spacial score (nSPS) is 22.7. The first kappa shape index (κ1) is 14.1. The maximum Gasteiger partial charge on any atom is 0.261 e. The van der Waals surface area contributed by atoms with Gasteiger partial charge in [-0.1, -0.05) is 6.42 Å². The Kier molecular flexibility index (Phi) is 3.68. The van der Waals surface area contributed by atoms with Gasteiger partial charge in [-0.2, -0.15) is 0 Å². The van der Waals surface area contributed by atoms with Gasteiger partial charge in [-0.25, -0.2) is 0 Å². The van der Waals surface area contributed by atoms with Gasteiger partial charge in [-0.3, -0.25) is 14.5 Å². The Hall–Kier alpha value is -1.88. The lowest BCUT2D eigenvalue weighted by molar-refractivity contribution is 0.0630. The number of benzene rings is 1. The molecule has 0 spiro atoms. The SMILES string of the molecule is CN1CCCCC1CCN1C(=O)c2ccc(N)cc2C1=O. The van der Waals surface area contributed by atoms with Crippen molar-refractivity contribution >= 4 is 17.5 Å². The molecule has 0 bridgehead atoms. The van der Waals surface area contributed by atoms with Crippen LogP contribution in [0.4, 0.5) is 5.69 Å². The third kappa shape index (κ3) is 2.53. The summed E-state index contributed by atoms with van der Waals surface area (Å²) in [6.07, 6.45) is 4.46. The first-order chi connectivity index (χ1) is 10.1. The van der Waals surface area contributed by atoms with Gasteiger partial charge in [0, 0.05) is 18.3 Å². The second-order valence-corrected chi connectivity index (χ2v) is 5.99. The molecule has 0 radical (unpaired) electrons. The summed E-state index contributed by atoms with van der Waals surface area (Å²) in [5, 5.41) is 0. The molecule has 1 unspecified atom stereocenters. The fourth-order valence-electron chi connectivity index (χ4n) is 3.30. The van der Waals surface area contributed by atoms with Gasteiger partial charge in [-0.05, 0) is 51.1 Å². The summed E-state index contributed by atoms with van der Waals surface area (Å²) in [5.41, 5.74) is 7.14. The van der Waals surface area contributed by atoms with Crippen molar-refractivity contribution in [2.24, 2.45) is 0 Å². The van der Waals surface area contributed by atoms with Crippen LogP contribution in [0.3, 0.4) is 0 Å². The van der Waals surface area contributed by atoms with Crippen LogP contribution in [-0.2, 0) is 0 Å². The molecule has 5 heteroatoms. The van der Waals surface area contributed by atoms with Gasteiger partial charge >= 0.3 is 0 Å². The summed E-state index contributed by atoms with van der Waals surface area (Å²) < 4.78 is 0. The fourth-order valence-corrected chi connectivity index (χ4v) is 3.30. The number of nitrogens with two attached hydrogens (primary N) is 1. The number of fused-ring (bicyclic) bond motifs is 1. The second-order valence-electron chi connectivity index (χ2n) is 5.99. The van der Waals surface area contributed by atoms with E-state index < -0.39 is 0 Å². The molecule has 2 aliphatic heterocycles. The lowest BCUT2D eigenvalue weighted by Crippen LogP contribution is -2.40. The molecule has 2 heterocycles. The van der Waals surface area contributed by atoms with E-state index in [2.05, 4.69) is 11.9 Å². The Bertz CT molecular complexity index is 585. The summed E-state index contributed by atoms with van der Waals surface area (Å²) in [6.45, 7) is 1.59. The van der Waals surface area contributed by atoms with Crippen LogP contribution in [0.15, 0.2) is 18.2 Å². The third-order valence-electron chi connectivity index (χ3n) is 4.60. The van der Waals surface area contributed by atoms with Gasteiger partial charge in [0.1, 0.15) is 0 Å². The minimum atomic E-state index is -0.208. The average Bonchev–Trinajstić information content (AvgIpc) is 2.70. The van der Waals surface area contributed by atoms with Gasteiger partial charge < -0.3 is 10.6 Å². The van der Waals surface area contributed by atoms with E-state index in [9.17, 15) is 9.59 Å². The van der Waals surface area contributed by atoms with E-state index in [-0.39, 0.29) is 11.8 Å². The first-order valence-electron chi connectivity index (χ1n) is 7.54. The summed E-state index contributed by atoms with van der Waals surface area (Å²) in [4.78, 5) is 28.4. The molecule has 0 aromatic heterocycles. The zero-order chi connectivity index (χ0) is 15.0. The summed E-state index contributed by atoms with van der Waals surface area (Å²) >= 11 is 0. The van der Waals surface area contributed by atoms with Crippen LogP contribution in [0.25, 0.3) is 0 Å². The fraction of sp³-hybridized carbons (Fsp3) is 0.500. The van der Waals surface area contributed by atoms with Gasteiger partial charge in [0.25, 0.3) is 11.8 Å². The van der Waals surface area contributed by atoms with Gasteiger partial charge in [0.15, 0.2) is 0 Å². The third-order valence-corrected chi connectivity index (χ3v) is 4.60. The largest absolute Gasteiger partial charge is 0.399 e. The summed E-state index contributed by atoms with van der Waals surface area (Å²) in [7, 11) is 2.12. The lowest BCUT2D eigenvalue weighted by Gasteiger charge is -2.33. The van der Waals surface area contributed by atoms with Crippen LogP contribution in [0.1, 0.15) is 46.4 Å². The molecule has 3 rings (SSSR count). The Morgan fingerprint density at radius 3 is 2.71 bits per heavy atom. The molecule has 0 aliphatic carbocycles.